The lowest BCUT2D eigenvalue weighted by atomic mass is 9.54. The number of hydrogen-bond donors (Lipinski definition) is 0. The second-order valence-electron chi connectivity index (χ2n) is 7.77. The van der Waals surface area contributed by atoms with E-state index < -0.39 is 0 Å². The minimum absolute atomic E-state index is 0.137. The van der Waals surface area contributed by atoms with Crippen LogP contribution in [0.5, 0.6) is 0 Å². The van der Waals surface area contributed by atoms with Crippen LogP contribution in [0.3, 0.4) is 0 Å². The molecule has 0 amide bonds. The summed E-state index contributed by atoms with van der Waals surface area (Å²) in [6.45, 7) is 6.50. The van der Waals surface area contributed by atoms with E-state index in [1.54, 1.807) is 0 Å². The topological polar surface area (TPSA) is 33.2 Å². The summed E-state index contributed by atoms with van der Waals surface area (Å²) in [5, 5.41) is 1.09. The highest BCUT2D eigenvalue weighted by atomic mass is 16.3. The lowest BCUT2D eigenvalue weighted by Gasteiger charge is -2.26. The third-order valence-corrected chi connectivity index (χ3v) is 5.76. The fraction of sp³-hybridized carbons (Fsp3) is 0.167. The molecule has 5 rings (SSSR count). The van der Waals surface area contributed by atoms with Gasteiger partial charge in [0.25, 0.3) is 5.82 Å². The summed E-state index contributed by atoms with van der Waals surface area (Å²) in [5.41, 5.74) is 6.46. The number of aryl methyl sites for hydroxylation is 2. The van der Waals surface area contributed by atoms with E-state index in [-0.39, 0.29) is 6.85 Å². The minimum Gasteiger partial charge on any atom is -0.439 e. The summed E-state index contributed by atoms with van der Waals surface area (Å²) in [6, 6.07) is 19.1. The van der Waals surface area contributed by atoms with Gasteiger partial charge in [-0.1, -0.05) is 30.3 Å². The number of aromatic nitrogens is 2. The van der Waals surface area contributed by atoms with Gasteiger partial charge in [-0.2, -0.15) is 0 Å². The molecule has 4 nitrogen and oxygen atoms in total. The van der Waals surface area contributed by atoms with Crippen LogP contribution in [0.4, 0.5) is 5.82 Å². The Bertz CT molecular complexity index is 1260. The number of rotatable bonds is 2. The lowest BCUT2D eigenvalue weighted by molar-refractivity contribution is -0.658. The summed E-state index contributed by atoms with van der Waals surface area (Å²) in [7, 11) is 2.10. The Morgan fingerprint density at radius 1 is 1.00 bits per heavy atom. The highest BCUT2D eigenvalue weighted by Crippen LogP contribution is 2.30. The minimum atomic E-state index is 0.137. The van der Waals surface area contributed by atoms with Gasteiger partial charge < -0.3 is 4.42 Å². The second-order valence-corrected chi connectivity index (χ2v) is 7.77. The van der Waals surface area contributed by atoms with E-state index >= 15 is 0 Å². The molecule has 0 N–H and O–H groups in total. The van der Waals surface area contributed by atoms with Gasteiger partial charge in [0.15, 0.2) is 0 Å². The van der Waals surface area contributed by atoms with Crippen molar-refractivity contribution in [3.63, 3.8) is 0 Å². The monoisotopic (exact) mass is 380 g/mol. The van der Waals surface area contributed by atoms with Crippen molar-refractivity contribution in [2.45, 2.75) is 20.7 Å². The van der Waals surface area contributed by atoms with Crippen LogP contribution in [-0.2, 0) is 7.05 Å². The molecular formula is C24H23BN3O+. The van der Waals surface area contributed by atoms with Crippen LogP contribution in [0.1, 0.15) is 18.4 Å². The Hall–Kier alpha value is -3.34. The normalized spacial score (nSPS) is 13.6. The molecule has 0 saturated carbocycles. The van der Waals surface area contributed by atoms with Crippen molar-refractivity contribution < 1.29 is 8.98 Å². The molecule has 0 aliphatic carbocycles. The number of pyridine rings is 2. The van der Waals surface area contributed by atoms with Gasteiger partial charge >= 0.3 is 6.85 Å². The zero-order valence-corrected chi connectivity index (χ0v) is 17.2. The zero-order valence-electron chi connectivity index (χ0n) is 17.2. The lowest BCUT2D eigenvalue weighted by Crippen LogP contribution is -2.52. The van der Waals surface area contributed by atoms with Crippen molar-refractivity contribution in [3.05, 3.63) is 77.9 Å². The van der Waals surface area contributed by atoms with Gasteiger partial charge in [0.2, 0.25) is 5.71 Å². The van der Waals surface area contributed by atoms with Crippen molar-refractivity contribution >= 4 is 35.3 Å². The molecule has 4 aromatic rings. The molecule has 1 aliphatic rings. The summed E-state index contributed by atoms with van der Waals surface area (Å²) in [6.07, 6.45) is 4.26. The maximum Gasteiger partial charge on any atom is 0.413 e. The number of furan rings is 1. The number of benzene rings is 1. The van der Waals surface area contributed by atoms with Gasteiger partial charge in [-0.3, -0.25) is 4.81 Å². The zero-order chi connectivity index (χ0) is 20.1. The van der Waals surface area contributed by atoms with Gasteiger partial charge in [-0.05, 0) is 50.0 Å². The van der Waals surface area contributed by atoms with Crippen LogP contribution in [0.2, 0.25) is 6.82 Å². The average Bonchev–Trinajstić information content (AvgIpc) is 3.07. The Kier molecular flexibility index (Phi) is 4.05. The van der Waals surface area contributed by atoms with Crippen LogP contribution in [0.25, 0.3) is 28.3 Å². The van der Waals surface area contributed by atoms with Gasteiger partial charge in [0.1, 0.15) is 5.76 Å². The number of hydrogen-bond acceptors (Lipinski definition) is 3. The van der Waals surface area contributed by atoms with E-state index in [1.165, 1.54) is 16.6 Å². The summed E-state index contributed by atoms with van der Waals surface area (Å²) in [5.74, 6) is 2.06. The highest BCUT2D eigenvalue weighted by Gasteiger charge is 2.40. The van der Waals surface area contributed by atoms with Crippen LogP contribution in [0.15, 0.2) is 70.9 Å². The Morgan fingerprint density at radius 2 is 1.79 bits per heavy atom. The average molecular weight is 380 g/mol. The van der Waals surface area contributed by atoms with Gasteiger partial charge in [0, 0.05) is 28.7 Å². The van der Waals surface area contributed by atoms with E-state index in [2.05, 4.69) is 96.0 Å². The summed E-state index contributed by atoms with van der Waals surface area (Å²) in [4.78, 5) is 6.97. The van der Waals surface area contributed by atoms with E-state index in [0.29, 0.717) is 0 Å². The first kappa shape index (κ1) is 17.7. The molecule has 0 spiro atoms. The molecule has 0 bridgehead atoms. The molecule has 0 unspecified atom stereocenters. The molecule has 5 heteroatoms. The molecule has 0 fully saturated rings. The first-order valence-corrected chi connectivity index (χ1v) is 9.95. The molecule has 0 atom stereocenters. The van der Waals surface area contributed by atoms with E-state index in [4.69, 9.17) is 4.42 Å². The van der Waals surface area contributed by atoms with Crippen LogP contribution >= 0.6 is 0 Å². The predicted octanol–water partition coefficient (Wildman–Crippen LogP) is 4.34. The molecule has 1 aliphatic heterocycles. The Balaban J connectivity index is 1.65. The van der Waals surface area contributed by atoms with Gasteiger partial charge in [-0.15, -0.1) is 0 Å². The Morgan fingerprint density at radius 3 is 2.59 bits per heavy atom. The standard InChI is InChI=1S/C24H23BN3O/c1-16-10-11-20-23-21(29-24(20)26-16)14-17(2)28(25(23)3)22-15-19(12-13-27(22)4)18-8-6-5-7-9-18/h5-15H,1-4H3/q+1. The maximum atomic E-state index is 6.10. The van der Waals surface area contributed by atoms with Crippen LogP contribution in [0, 0.1) is 6.92 Å². The fourth-order valence-electron chi connectivity index (χ4n) is 4.33. The molecule has 1 aromatic carbocycles. The van der Waals surface area contributed by atoms with Crippen LogP contribution in [-0.4, -0.2) is 11.8 Å². The van der Waals surface area contributed by atoms with Crippen molar-refractivity contribution in [2.24, 2.45) is 7.05 Å². The van der Waals surface area contributed by atoms with Crippen molar-refractivity contribution in [1.29, 1.82) is 0 Å². The first-order chi connectivity index (χ1) is 14.0. The molecule has 3 aromatic heterocycles. The number of fused-ring (bicyclic) bond motifs is 3. The number of allylic oxidation sites excluding steroid dienone is 1. The molecule has 29 heavy (non-hydrogen) atoms. The Labute approximate surface area is 171 Å². The summed E-state index contributed by atoms with van der Waals surface area (Å²) < 4.78 is 8.28. The highest BCUT2D eigenvalue weighted by molar-refractivity contribution is 6.79. The van der Waals surface area contributed by atoms with Crippen molar-refractivity contribution in [2.75, 3.05) is 4.81 Å². The number of nitrogens with zero attached hydrogens (tertiary/aromatic N) is 3. The molecule has 0 radical (unpaired) electrons. The quantitative estimate of drug-likeness (QED) is 0.383. The third-order valence-electron chi connectivity index (χ3n) is 5.76. The second kappa shape index (κ2) is 6.62. The van der Waals surface area contributed by atoms with E-state index in [9.17, 15) is 0 Å². The van der Waals surface area contributed by atoms with Crippen LogP contribution < -0.4 is 14.8 Å². The van der Waals surface area contributed by atoms with E-state index in [0.717, 1.165) is 34.1 Å². The third kappa shape index (κ3) is 2.85. The molecule has 0 saturated heterocycles. The molecule has 142 valence electrons. The van der Waals surface area contributed by atoms with Gasteiger partial charge in [0.05, 0.1) is 18.9 Å². The smallest absolute Gasteiger partial charge is 0.413 e. The van der Waals surface area contributed by atoms with E-state index in [1.807, 2.05) is 13.0 Å². The largest absolute Gasteiger partial charge is 0.439 e. The molecular weight excluding hydrogens is 357 g/mol. The fourth-order valence-corrected chi connectivity index (χ4v) is 4.33. The number of anilines is 1. The first-order valence-electron chi connectivity index (χ1n) is 9.95. The van der Waals surface area contributed by atoms with Crippen molar-refractivity contribution in [1.82, 2.24) is 4.98 Å². The van der Waals surface area contributed by atoms with Crippen molar-refractivity contribution in [3.8, 4) is 11.1 Å². The summed E-state index contributed by atoms with van der Waals surface area (Å²) >= 11 is 0. The maximum absolute atomic E-state index is 6.10. The van der Waals surface area contributed by atoms with Gasteiger partial charge in [-0.25, -0.2) is 9.55 Å². The molecule has 4 heterocycles. The SMILES string of the molecule is CB1c2c(oc3nc(C)ccc23)C=C(C)N1c1cc(-c2ccccc2)cc[n+]1C. The predicted molar refractivity (Wildman–Crippen MR) is 119 cm³/mol.